The number of pyridine rings is 2. The molecule has 8 heteroatoms. The van der Waals surface area contributed by atoms with Crippen molar-refractivity contribution in [2.24, 2.45) is 5.92 Å². The van der Waals surface area contributed by atoms with Crippen molar-refractivity contribution < 1.29 is 9.32 Å². The van der Waals surface area contributed by atoms with Crippen LogP contribution in [0.15, 0.2) is 52.0 Å². The fourth-order valence-corrected chi connectivity index (χ4v) is 5.19. The summed E-state index contributed by atoms with van der Waals surface area (Å²) in [6.45, 7) is 1.75. The van der Waals surface area contributed by atoms with Crippen LogP contribution in [0.4, 0.5) is 5.69 Å². The number of fused-ring (bicyclic) bond motifs is 3. The smallest absolute Gasteiger partial charge is 0.264 e. The summed E-state index contributed by atoms with van der Waals surface area (Å²) in [6, 6.07) is 9.14. The highest BCUT2D eigenvalue weighted by molar-refractivity contribution is 6.37. The molecule has 0 bridgehead atoms. The molecule has 4 aromatic rings. The van der Waals surface area contributed by atoms with E-state index in [-0.39, 0.29) is 23.4 Å². The molecular weight excluding hydrogens is 428 g/mol. The van der Waals surface area contributed by atoms with Crippen LogP contribution in [0.1, 0.15) is 43.9 Å². The number of aromatic nitrogens is 3. The van der Waals surface area contributed by atoms with Crippen LogP contribution in [0, 0.1) is 12.8 Å². The predicted molar refractivity (Wildman–Crippen MR) is 124 cm³/mol. The molecule has 0 spiro atoms. The van der Waals surface area contributed by atoms with Crippen LogP contribution in [-0.4, -0.2) is 20.6 Å². The van der Waals surface area contributed by atoms with E-state index in [2.05, 4.69) is 15.5 Å². The van der Waals surface area contributed by atoms with Gasteiger partial charge in [0.15, 0.2) is 0 Å². The van der Waals surface area contributed by atoms with Gasteiger partial charge in [-0.15, -0.1) is 0 Å². The van der Waals surface area contributed by atoms with E-state index in [4.69, 9.17) is 16.1 Å². The van der Waals surface area contributed by atoms with Crippen LogP contribution >= 0.6 is 11.6 Å². The van der Waals surface area contributed by atoms with Gasteiger partial charge < -0.3 is 14.4 Å². The highest BCUT2D eigenvalue weighted by Gasteiger charge is 2.29. The van der Waals surface area contributed by atoms with Gasteiger partial charge in [-0.05, 0) is 56.4 Å². The molecule has 2 atom stereocenters. The van der Waals surface area contributed by atoms with Crippen molar-refractivity contribution in [2.75, 3.05) is 5.32 Å². The summed E-state index contributed by atoms with van der Waals surface area (Å²) < 4.78 is 7.20. The van der Waals surface area contributed by atoms with Crippen molar-refractivity contribution in [2.45, 2.75) is 45.1 Å². The number of benzene rings is 1. The number of amides is 1. The maximum atomic E-state index is 13.5. The highest BCUT2D eigenvalue weighted by atomic mass is 35.5. The van der Waals surface area contributed by atoms with E-state index in [1.807, 2.05) is 22.8 Å². The molecule has 3 aromatic heterocycles. The molecule has 5 rings (SSSR count). The molecule has 7 nitrogen and oxygen atoms in total. The lowest BCUT2D eigenvalue weighted by Crippen LogP contribution is -2.30. The molecule has 1 fully saturated rings. The van der Waals surface area contributed by atoms with Crippen LogP contribution < -0.4 is 10.9 Å². The van der Waals surface area contributed by atoms with E-state index in [1.54, 1.807) is 31.5 Å². The van der Waals surface area contributed by atoms with E-state index in [9.17, 15) is 9.59 Å². The van der Waals surface area contributed by atoms with E-state index in [1.165, 1.54) is 0 Å². The molecule has 164 valence electrons. The van der Waals surface area contributed by atoms with Crippen molar-refractivity contribution in [1.29, 1.82) is 0 Å². The highest BCUT2D eigenvalue weighted by Crippen LogP contribution is 2.38. The van der Waals surface area contributed by atoms with Gasteiger partial charge in [0.2, 0.25) is 5.91 Å². The molecule has 3 heterocycles. The van der Waals surface area contributed by atoms with Gasteiger partial charge in [-0.3, -0.25) is 14.6 Å². The third kappa shape index (κ3) is 3.66. The molecule has 1 aromatic carbocycles. The Balaban J connectivity index is 1.48. The summed E-state index contributed by atoms with van der Waals surface area (Å²) in [6.07, 6.45) is 7.24. The molecule has 1 amide bonds. The first kappa shape index (κ1) is 20.7. The Morgan fingerprint density at radius 3 is 2.94 bits per heavy atom. The van der Waals surface area contributed by atoms with Crippen molar-refractivity contribution in [1.82, 2.24) is 14.7 Å². The normalized spacial score (nSPS) is 18.8. The Hall–Kier alpha value is -3.19. The first-order valence-corrected chi connectivity index (χ1v) is 11.2. The zero-order valence-electron chi connectivity index (χ0n) is 17.7. The predicted octanol–water partition coefficient (Wildman–Crippen LogP) is 5.26. The quantitative estimate of drug-likeness (QED) is 0.458. The molecule has 1 saturated carbocycles. The van der Waals surface area contributed by atoms with Gasteiger partial charge in [0, 0.05) is 24.0 Å². The second-order valence-electron chi connectivity index (χ2n) is 8.45. The van der Waals surface area contributed by atoms with Gasteiger partial charge in [0.25, 0.3) is 5.56 Å². The summed E-state index contributed by atoms with van der Waals surface area (Å²) in [7, 11) is 0. The van der Waals surface area contributed by atoms with Gasteiger partial charge in [-0.1, -0.05) is 29.2 Å². The molecule has 32 heavy (non-hydrogen) atoms. The zero-order chi connectivity index (χ0) is 22.2. The van der Waals surface area contributed by atoms with Crippen molar-refractivity contribution in [3.8, 4) is 0 Å². The number of aryl methyl sites for hydroxylation is 1. The van der Waals surface area contributed by atoms with Crippen LogP contribution in [0.25, 0.3) is 21.8 Å². The van der Waals surface area contributed by atoms with Crippen molar-refractivity contribution in [3.05, 3.63) is 63.9 Å². The van der Waals surface area contributed by atoms with Crippen molar-refractivity contribution in [3.63, 3.8) is 0 Å². The summed E-state index contributed by atoms with van der Waals surface area (Å²) in [5.74, 6) is 0.642. The standard InChI is InChI=1S/C24H23ClN4O3/c1-14-21-23(28-32-14)22-18(25)8-3-9-19(22)29(24(21)31)17-7-2-5-15(11-17)12-20(30)27-16-6-4-10-26-13-16/h3-4,6,8-10,13,15,17H,2,5,7,11-12H2,1H3,(H,27,30). The number of nitrogens with one attached hydrogen (secondary N) is 1. The average Bonchev–Trinajstić information content (AvgIpc) is 3.16. The minimum absolute atomic E-state index is 0.0212. The molecular formula is C24H23ClN4O3. The van der Waals surface area contributed by atoms with Gasteiger partial charge in [-0.2, -0.15) is 0 Å². The number of hydrogen-bond acceptors (Lipinski definition) is 5. The monoisotopic (exact) mass is 450 g/mol. The topological polar surface area (TPSA) is 90.0 Å². The van der Waals surface area contributed by atoms with Crippen molar-refractivity contribution >= 4 is 45.0 Å². The number of halogens is 1. The number of carbonyl (C=O) groups is 1. The Labute approximate surface area is 189 Å². The van der Waals surface area contributed by atoms with Crippen LogP contribution in [0.2, 0.25) is 5.02 Å². The lowest BCUT2D eigenvalue weighted by molar-refractivity contribution is -0.117. The summed E-state index contributed by atoms with van der Waals surface area (Å²) in [5.41, 5.74) is 1.84. The fraction of sp³-hybridized carbons (Fsp3) is 0.333. The Bertz CT molecular complexity index is 1360. The number of carbonyl (C=O) groups excluding carboxylic acids is 1. The van der Waals surface area contributed by atoms with E-state index >= 15 is 0 Å². The minimum atomic E-state index is -0.112. The van der Waals surface area contributed by atoms with E-state index < -0.39 is 0 Å². The zero-order valence-corrected chi connectivity index (χ0v) is 18.4. The summed E-state index contributed by atoms with van der Waals surface area (Å²) in [5, 5.41) is 8.78. The van der Waals surface area contributed by atoms with Crippen LogP contribution in [-0.2, 0) is 4.79 Å². The van der Waals surface area contributed by atoms with Gasteiger partial charge in [0.1, 0.15) is 16.7 Å². The molecule has 0 saturated heterocycles. The number of nitrogens with zero attached hydrogens (tertiary/aromatic N) is 3. The minimum Gasteiger partial charge on any atom is -0.360 e. The Kier molecular flexibility index (Phi) is 5.43. The molecule has 1 aliphatic rings. The van der Waals surface area contributed by atoms with Crippen LogP contribution in [0.5, 0.6) is 0 Å². The SMILES string of the molecule is Cc1onc2c1c(=O)n(C1CCCC(CC(=O)Nc3cccnc3)C1)c1cccc(Cl)c21. The lowest BCUT2D eigenvalue weighted by atomic mass is 9.83. The molecule has 2 unspecified atom stereocenters. The number of rotatable bonds is 4. The fourth-order valence-electron chi connectivity index (χ4n) is 4.93. The van der Waals surface area contributed by atoms with Crippen LogP contribution in [0.3, 0.4) is 0 Å². The van der Waals surface area contributed by atoms with E-state index in [0.717, 1.165) is 36.6 Å². The number of hydrogen-bond donors (Lipinski definition) is 1. The molecule has 0 aliphatic heterocycles. The lowest BCUT2D eigenvalue weighted by Gasteiger charge is -2.31. The summed E-state index contributed by atoms with van der Waals surface area (Å²) >= 11 is 6.53. The Morgan fingerprint density at radius 1 is 1.25 bits per heavy atom. The molecule has 1 N–H and O–H groups in total. The van der Waals surface area contributed by atoms with Gasteiger partial charge >= 0.3 is 0 Å². The van der Waals surface area contributed by atoms with Gasteiger partial charge in [-0.25, -0.2) is 0 Å². The third-order valence-corrected chi connectivity index (χ3v) is 6.64. The van der Waals surface area contributed by atoms with Gasteiger partial charge in [0.05, 0.1) is 22.4 Å². The third-order valence-electron chi connectivity index (χ3n) is 6.32. The second kappa shape index (κ2) is 8.39. The summed E-state index contributed by atoms with van der Waals surface area (Å²) in [4.78, 5) is 30.2. The average molecular weight is 451 g/mol. The number of anilines is 1. The largest absolute Gasteiger partial charge is 0.360 e. The Morgan fingerprint density at radius 2 is 2.12 bits per heavy atom. The maximum absolute atomic E-state index is 13.5. The second-order valence-corrected chi connectivity index (χ2v) is 8.86. The first-order chi connectivity index (χ1) is 15.5. The molecule has 1 aliphatic carbocycles. The maximum Gasteiger partial charge on any atom is 0.264 e. The van der Waals surface area contributed by atoms with E-state index in [0.29, 0.717) is 33.8 Å². The first-order valence-electron chi connectivity index (χ1n) is 10.8. The molecule has 0 radical (unpaired) electrons.